The first-order valence-corrected chi connectivity index (χ1v) is 9.81. The molecule has 3 heteroatoms. The van der Waals surface area contributed by atoms with E-state index in [9.17, 15) is 4.79 Å². The van der Waals surface area contributed by atoms with Crippen molar-refractivity contribution in [1.29, 1.82) is 0 Å². The zero-order chi connectivity index (χ0) is 18.2. The maximum atomic E-state index is 12.7. The highest BCUT2D eigenvalue weighted by molar-refractivity contribution is 5.79. The molecule has 0 aliphatic carbocycles. The number of carbonyl (C=O) groups is 1. The summed E-state index contributed by atoms with van der Waals surface area (Å²) in [7, 11) is 0. The topological polar surface area (TPSA) is 32.3 Å². The number of hydrogen-bond acceptors (Lipinski definition) is 2. The fourth-order valence-electron chi connectivity index (χ4n) is 3.72. The summed E-state index contributed by atoms with van der Waals surface area (Å²) < 4.78 is 0. The van der Waals surface area contributed by atoms with E-state index in [2.05, 4.69) is 65.7 Å². The predicted molar refractivity (Wildman–Crippen MR) is 107 cm³/mol. The fraction of sp³-hybridized carbons (Fsp3) is 0.435. The van der Waals surface area contributed by atoms with Gasteiger partial charge in [-0.3, -0.25) is 9.69 Å². The molecule has 1 aliphatic heterocycles. The van der Waals surface area contributed by atoms with Crippen LogP contribution in [0.1, 0.15) is 37.3 Å². The molecule has 1 amide bonds. The van der Waals surface area contributed by atoms with E-state index in [1.807, 2.05) is 12.1 Å². The van der Waals surface area contributed by atoms with Gasteiger partial charge in [-0.2, -0.15) is 0 Å². The molecule has 3 rings (SSSR count). The Kier molecular flexibility index (Phi) is 6.84. The molecule has 1 fully saturated rings. The first-order chi connectivity index (χ1) is 12.7. The van der Waals surface area contributed by atoms with Gasteiger partial charge in [-0.1, -0.05) is 60.7 Å². The van der Waals surface area contributed by atoms with Gasteiger partial charge >= 0.3 is 0 Å². The molecule has 0 saturated carbocycles. The first-order valence-electron chi connectivity index (χ1n) is 9.81. The van der Waals surface area contributed by atoms with Crippen LogP contribution < -0.4 is 5.32 Å². The second-order valence-corrected chi connectivity index (χ2v) is 7.49. The third-order valence-corrected chi connectivity index (χ3v) is 5.22. The molecule has 2 aromatic rings. The number of aryl methyl sites for hydroxylation is 1. The van der Waals surface area contributed by atoms with Crippen molar-refractivity contribution in [3.63, 3.8) is 0 Å². The molecule has 26 heavy (non-hydrogen) atoms. The Bertz CT molecular complexity index is 671. The van der Waals surface area contributed by atoms with E-state index >= 15 is 0 Å². The van der Waals surface area contributed by atoms with Crippen molar-refractivity contribution in [1.82, 2.24) is 10.2 Å². The summed E-state index contributed by atoms with van der Waals surface area (Å²) in [5.41, 5.74) is 2.66. The number of rotatable bonds is 7. The summed E-state index contributed by atoms with van der Waals surface area (Å²) in [5, 5.41) is 3.24. The van der Waals surface area contributed by atoms with Gasteiger partial charge in [-0.15, -0.1) is 0 Å². The summed E-state index contributed by atoms with van der Waals surface area (Å²) in [4.78, 5) is 15.1. The number of amides is 1. The molecule has 1 saturated heterocycles. The summed E-state index contributed by atoms with van der Waals surface area (Å²) in [5.74, 6) is 0.343. The van der Waals surface area contributed by atoms with Gasteiger partial charge < -0.3 is 5.32 Å². The van der Waals surface area contributed by atoms with Crippen LogP contribution in [0, 0.1) is 5.92 Å². The number of likely N-dealkylation sites (tertiary alicyclic amines) is 1. The van der Waals surface area contributed by atoms with Gasteiger partial charge in [0.05, 0.1) is 5.92 Å². The van der Waals surface area contributed by atoms with E-state index in [0.29, 0.717) is 0 Å². The first kappa shape index (κ1) is 18.7. The highest BCUT2D eigenvalue weighted by atomic mass is 16.2. The van der Waals surface area contributed by atoms with Gasteiger partial charge in [0, 0.05) is 19.1 Å². The highest BCUT2D eigenvalue weighted by Crippen LogP contribution is 2.19. The van der Waals surface area contributed by atoms with Gasteiger partial charge in [0.25, 0.3) is 0 Å². The number of carbonyl (C=O) groups excluding carboxylic acids is 1. The van der Waals surface area contributed by atoms with Gasteiger partial charge in [0.2, 0.25) is 5.91 Å². The lowest BCUT2D eigenvalue weighted by Gasteiger charge is -2.32. The molecule has 0 spiro atoms. The zero-order valence-corrected chi connectivity index (χ0v) is 15.7. The quantitative estimate of drug-likeness (QED) is 0.817. The van der Waals surface area contributed by atoms with Gasteiger partial charge in [-0.25, -0.2) is 0 Å². The summed E-state index contributed by atoms with van der Waals surface area (Å²) in [6.07, 6.45) is 4.09. The Hall–Kier alpha value is -2.13. The van der Waals surface area contributed by atoms with E-state index in [-0.39, 0.29) is 17.9 Å². The predicted octanol–water partition coefficient (Wildman–Crippen LogP) is 4.04. The van der Waals surface area contributed by atoms with Crippen LogP contribution in [0.2, 0.25) is 0 Å². The lowest BCUT2D eigenvalue weighted by Crippen LogP contribution is -2.45. The van der Waals surface area contributed by atoms with Crippen LogP contribution in [-0.4, -0.2) is 29.9 Å². The summed E-state index contributed by atoms with van der Waals surface area (Å²) in [6.45, 7) is 5.01. The van der Waals surface area contributed by atoms with Crippen LogP contribution in [0.3, 0.4) is 0 Å². The monoisotopic (exact) mass is 350 g/mol. The Morgan fingerprint density at radius 3 is 2.42 bits per heavy atom. The zero-order valence-electron chi connectivity index (χ0n) is 15.7. The minimum Gasteiger partial charge on any atom is -0.353 e. The van der Waals surface area contributed by atoms with Crippen LogP contribution >= 0.6 is 0 Å². The van der Waals surface area contributed by atoms with Crippen molar-refractivity contribution in [3.8, 4) is 0 Å². The van der Waals surface area contributed by atoms with Crippen LogP contribution in [0.15, 0.2) is 60.7 Å². The van der Waals surface area contributed by atoms with Gasteiger partial charge in [-0.05, 0) is 50.3 Å². The molecule has 3 nitrogen and oxygen atoms in total. The average Bonchev–Trinajstić information content (AvgIpc) is 2.68. The van der Waals surface area contributed by atoms with E-state index in [1.165, 1.54) is 11.1 Å². The molecule has 0 bridgehead atoms. The normalized spacial score (nSPS) is 19.0. The van der Waals surface area contributed by atoms with E-state index in [4.69, 9.17) is 0 Å². The van der Waals surface area contributed by atoms with Crippen LogP contribution in [0.25, 0.3) is 0 Å². The van der Waals surface area contributed by atoms with Crippen molar-refractivity contribution < 1.29 is 4.79 Å². The van der Waals surface area contributed by atoms with Crippen LogP contribution in [0.5, 0.6) is 0 Å². The lowest BCUT2D eigenvalue weighted by atomic mass is 9.96. The van der Waals surface area contributed by atoms with E-state index < -0.39 is 0 Å². The Labute approximate surface area is 157 Å². The maximum Gasteiger partial charge on any atom is 0.224 e. The molecular weight excluding hydrogens is 320 g/mol. The molecule has 0 unspecified atom stereocenters. The molecule has 2 aromatic carbocycles. The van der Waals surface area contributed by atoms with Crippen molar-refractivity contribution in [2.75, 3.05) is 13.1 Å². The SMILES string of the molecule is C[C@@H](CCc1ccccc1)NC(=O)[C@H]1CCCN(Cc2ccccc2)C1. The maximum absolute atomic E-state index is 12.7. The molecule has 138 valence electrons. The second-order valence-electron chi connectivity index (χ2n) is 7.49. The average molecular weight is 351 g/mol. The summed E-state index contributed by atoms with van der Waals surface area (Å²) >= 11 is 0. The number of hydrogen-bond donors (Lipinski definition) is 1. The summed E-state index contributed by atoms with van der Waals surface area (Å²) in [6, 6.07) is 21.2. The largest absolute Gasteiger partial charge is 0.353 e. The molecule has 1 N–H and O–H groups in total. The van der Waals surface area contributed by atoms with E-state index in [1.54, 1.807) is 0 Å². The molecule has 0 radical (unpaired) electrons. The third-order valence-electron chi connectivity index (χ3n) is 5.22. The Morgan fingerprint density at radius 2 is 1.73 bits per heavy atom. The van der Waals surface area contributed by atoms with Crippen molar-refractivity contribution in [2.45, 2.75) is 45.2 Å². The number of benzene rings is 2. The van der Waals surface area contributed by atoms with Crippen molar-refractivity contribution in [2.24, 2.45) is 5.92 Å². The fourth-order valence-corrected chi connectivity index (χ4v) is 3.72. The number of piperidine rings is 1. The minimum atomic E-state index is 0.117. The highest BCUT2D eigenvalue weighted by Gasteiger charge is 2.26. The van der Waals surface area contributed by atoms with Gasteiger partial charge in [0.15, 0.2) is 0 Å². The molecule has 2 atom stereocenters. The van der Waals surface area contributed by atoms with Crippen molar-refractivity contribution >= 4 is 5.91 Å². The molecule has 1 heterocycles. The Morgan fingerprint density at radius 1 is 1.08 bits per heavy atom. The smallest absolute Gasteiger partial charge is 0.224 e. The third kappa shape index (κ3) is 5.70. The lowest BCUT2D eigenvalue weighted by molar-refractivity contribution is -0.127. The minimum absolute atomic E-state index is 0.117. The van der Waals surface area contributed by atoms with Crippen LogP contribution in [-0.2, 0) is 17.8 Å². The van der Waals surface area contributed by atoms with Crippen molar-refractivity contribution in [3.05, 3.63) is 71.8 Å². The van der Waals surface area contributed by atoms with E-state index in [0.717, 1.165) is 45.3 Å². The second kappa shape index (κ2) is 9.54. The molecular formula is C23H30N2O. The standard InChI is InChI=1S/C23H30N2O/c1-19(14-15-20-9-4-2-5-10-20)24-23(26)22-13-8-16-25(18-22)17-21-11-6-3-7-12-21/h2-7,9-12,19,22H,8,13-18H2,1H3,(H,24,26)/t19-,22-/m0/s1. The number of nitrogens with zero attached hydrogens (tertiary/aromatic N) is 1. The number of nitrogens with one attached hydrogen (secondary N) is 1. The molecule has 0 aromatic heterocycles. The Balaban J connectivity index is 1.44. The van der Waals surface area contributed by atoms with Gasteiger partial charge in [0.1, 0.15) is 0 Å². The van der Waals surface area contributed by atoms with Crippen LogP contribution in [0.4, 0.5) is 0 Å². The molecule has 1 aliphatic rings.